The summed E-state index contributed by atoms with van der Waals surface area (Å²) in [7, 11) is 0. The Labute approximate surface area is 119 Å². The van der Waals surface area contributed by atoms with E-state index in [-0.39, 0.29) is 0 Å². The lowest BCUT2D eigenvalue weighted by molar-refractivity contribution is 0.968. The smallest absolute Gasteiger partial charge is 0.0992 e. The highest BCUT2D eigenvalue weighted by Gasteiger charge is 2.00. The third kappa shape index (κ3) is 3.56. The summed E-state index contributed by atoms with van der Waals surface area (Å²) in [6.45, 7) is 2.82. The van der Waals surface area contributed by atoms with E-state index in [1.165, 1.54) is 0 Å². The zero-order valence-electron chi connectivity index (χ0n) is 9.90. The molecule has 1 heterocycles. The van der Waals surface area contributed by atoms with Crippen LogP contribution in [0.15, 0.2) is 28.1 Å². The summed E-state index contributed by atoms with van der Waals surface area (Å²) < 4.78 is 0.911. The minimum absolute atomic E-state index is 0.649. The Morgan fingerprint density at radius 1 is 1.44 bits per heavy atom. The fourth-order valence-corrected chi connectivity index (χ4v) is 2.75. The quantitative estimate of drug-likeness (QED) is 0.933. The number of nitriles is 1. The first kappa shape index (κ1) is 13.1. The number of halogens is 1. The van der Waals surface area contributed by atoms with Crippen molar-refractivity contribution in [3.8, 4) is 6.07 Å². The lowest BCUT2D eigenvalue weighted by atomic mass is 10.2. The highest BCUT2D eigenvalue weighted by Crippen LogP contribution is 2.19. The number of rotatable bonds is 4. The van der Waals surface area contributed by atoms with Crippen molar-refractivity contribution in [2.24, 2.45) is 0 Å². The van der Waals surface area contributed by atoms with Gasteiger partial charge in [0, 0.05) is 28.5 Å². The Kier molecular flexibility index (Phi) is 4.34. The first-order chi connectivity index (χ1) is 8.67. The average molecular weight is 322 g/mol. The van der Waals surface area contributed by atoms with Crippen molar-refractivity contribution >= 4 is 33.0 Å². The highest BCUT2D eigenvalue weighted by molar-refractivity contribution is 9.10. The largest absolute Gasteiger partial charge is 0.385 e. The zero-order chi connectivity index (χ0) is 13.0. The molecule has 0 spiro atoms. The predicted octanol–water partition coefficient (Wildman–Crippen LogP) is 3.74. The molecule has 2 aromatic rings. The fraction of sp³-hybridized carbons (Fsp3) is 0.231. The number of hydrogen-bond donors (Lipinski definition) is 1. The molecule has 0 aliphatic carbocycles. The maximum atomic E-state index is 8.89. The number of nitrogens with one attached hydrogen (secondary N) is 1. The van der Waals surface area contributed by atoms with Gasteiger partial charge in [-0.15, -0.1) is 11.3 Å². The average Bonchev–Trinajstić information content (AvgIpc) is 2.74. The van der Waals surface area contributed by atoms with E-state index < -0.39 is 0 Å². The van der Waals surface area contributed by atoms with E-state index >= 15 is 0 Å². The Balaban J connectivity index is 1.94. The summed E-state index contributed by atoms with van der Waals surface area (Å²) in [4.78, 5) is 4.41. The molecule has 0 saturated carbocycles. The molecule has 92 valence electrons. The molecule has 1 aromatic heterocycles. The van der Waals surface area contributed by atoms with Gasteiger partial charge in [0.1, 0.15) is 0 Å². The molecule has 0 amide bonds. The molecular formula is C13H12BrN3S. The van der Waals surface area contributed by atoms with Crippen LogP contribution in [0.5, 0.6) is 0 Å². The molecule has 2 rings (SSSR count). The molecule has 0 saturated heterocycles. The molecule has 0 unspecified atom stereocenters. The molecule has 0 fully saturated rings. The standard InChI is InChI=1S/C13H12BrN3S/c1-9-17-12(8-18-9)2-3-16-13-5-10(7-15)4-11(14)6-13/h4-6,8,16H,2-3H2,1H3. The van der Waals surface area contributed by atoms with Gasteiger partial charge in [-0.1, -0.05) is 15.9 Å². The van der Waals surface area contributed by atoms with Crippen LogP contribution in [0, 0.1) is 18.3 Å². The van der Waals surface area contributed by atoms with Gasteiger partial charge in [-0.25, -0.2) is 4.98 Å². The van der Waals surface area contributed by atoms with Crippen LogP contribution in [0.25, 0.3) is 0 Å². The van der Waals surface area contributed by atoms with Crippen LogP contribution in [0.1, 0.15) is 16.3 Å². The molecule has 0 aliphatic rings. The lowest BCUT2D eigenvalue weighted by Gasteiger charge is -2.06. The predicted molar refractivity (Wildman–Crippen MR) is 77.9 cm³/mol. The SMILES string of the molecule is Cc1nc(CCNc2cc(Br)cc(C#N)c2)cs1. The van der Waals surface area contributed by atoms with Crippen molar-refractivity contribution in [3.05, 3.63) is 44.3 Å². The number of anilines is 1. The van der Waals surface area contributed by atoms with Gasteiger partial charge in [-0.2, -0.15) is 5.26 Å². The van der Waals surface area contributed by atoms with E-state index in [4.69, 9.17) is 5.26 Å². The first-order valence-corrected chi connectivity index (χ1v) is 7.20. The Morgan fingerprint density at radius 2 is 2.28 bits per heavy atom. The van der Waals surface area contributed by atoms with Gasteiger partial charge in [0.15, 0.2) is 0 Å². The minimum Gasteiger partial charge on any atom is -0.385 e. The molecule has 0 aliphatic heterocycles. The third-order valence-corrected chi connectivity index (χ3v) is 3.68. The van der Waals surface area contributed by atoms with E-state index in [0.29, 0.717) is 5.56 Å². The monoisotopic (exact) mass is 321 g/mol. The number of aromatic nitrogens is 1. The van der Waals surface area contributed by atoms with Crippen molar-refractivity contribution in [2.75, 3.05) is 11.9 Å². The molecule has 1 aromatic carbocycles. The van der Waals surface area contributed by atoms with Crippen LogP contribution in [0.3, 0.4) is 0 Å². The van der Waals surface area contributed by atoms with E-state index in [2.05, 4.69) is 37.7 Å². The molecule has 3 nitrogen and oxygen atoms in total. The number of hydrogen-bond acceptors (Lipinski definition) is 4. The van der Waals surface area contributed by atoms with Gasteiger partial charge >= 0.3 is 0 Å². The van der Waals surface area contributed by atoms with Crippen LogP contribution in [0.2, 0.25) is 0 Å². The van der Waals surface area contributed by atoms with Gasteiger partial charge in [0.25, 0.3) is 0 Å². The van der Waals surface area contributed by atoms with Crippen molar-refractivity contribution in [3.63, 3.8) is 0 Å². The second-order valence-electron chi connectivity index (χ2n) is 3.88. The molecular weight excluding hydrogens is 310 g/mol. The Morgan fingerprint density at radius 3 is 2.94 bits per heavy atom. The number of benzene rings is 1. The van der Waals surface area contributed by atoms with Gasteiger partial charge in [0.05, 0.1) is 22.3 Å². The van der Waals surface area contributed by atoms with E-state index in [1.807, 2.05) is 19.1 Å². The van der Waals surface area contributed by atoms with Crippen molar-refractivity contribution in [1.29, 1.82) is 5.26 Å². The van der Waals surface area contributed by atoms with Crippen molar-refractivity contribution in [1.82, 2.24) is 4.98 Å². The summed E-state index contributed by atoms with van der Waals surface area (Å²) in [5.74, 6) is 0. The maximum Gasteiger partial charge on any atom is 0.0992 e. The summed E-state index contributed by atoms with van der Waals surface area (Å²) in [5.41, 5.74) is 2.71. The number of thiazole rings is 1. The van der Waals surface area contributed by atoms with Gasteiger partial charge in [-0.05, 0) is 25.1 Å². The molecule has 18 heavy (non-hydrogen) atoms. The third-order valence-electron chi connectivity index (χ3n) is 2.40. The molecule has 0 radical (unpaired) electrons. The van der Waals surface area contributed by atoms with Crippen LogP contribution in [-0.2, 0) is 6.42 Å². The van der Waals surface area contributed by atoms with Gasteiger partial charge < -0.3 is 5.32 Å². The van der Waals surface area contributed by atoms with E-state index in [9.17, 15) is 0 Å². The first-order valence-electron chi connectivity index (χ1n) is 5.53. The molecule has 0 atom stereocenters. The molecule has 1 N–H and O–H groups in total. The minimum atomic E-state index is 0.649. The normalized spacial score (nSPS) is 10.1. The Bertz CT molecular complexity index is 586. The van der Waals surface area contributed by atoms with Crippen LogP contribution >= 0.6 is 27.3 Å². The summed E-state index contributed by atoms with van der Waals surface area (Å²) >= 11 is 5.06. The summed E-state index contributed by atoms with van der Waals surface area (Å²) in [5, 5.41) is 15.4. The van der Waals surface area contributed by atoms with Crippen molar-refractivity contribution in [2.45, 2.75) is 13.3 Å². The van der Waals surface area contributed by atoms with Crippen LogP contribution in [-0.4, -0.2) is 11.5 Å². The zero-order valence-corrected chi connectivity index (χ0v) is 12.3. The van der Waals surface area contributed by atoms with Crippen LogP contribution < -0.4 is 5.32 Å². The van der Waals surface area contributed by atoms with E-state index in [1.54, 1.807) is 17.4 Å². The summed E-state index contributed by atoms with van der Waals surface area (Å²) in [6, 6.07) is 7.75. The second-order valence-corrected chi connectivity index (χ2v) is 5.85. The topological polar surface area (TPSA) is 48.7 Å². The van der Waals surface area contributed by atoms with Gasteiger partial charge in [-0.3, -0.25) is 0 Å². The van der Waals surface area contributed by atoms with E-state index in [0.717, 1.165) is 33.8 Å². The lowest BCUT2D eigenvalue weighted by Crippen LogP contribution is -2.05. The van der Waals surface area contributed by atoms with Gasteiger partial charge in [0.2, 0.25) is 0 Å². The van der Waals surface area contributed by atoms with Crippen molar-refractivity contribution < 1.29 is 0 Å². The Hall–Kier alpha value is -1.38. The van der Waals surface area contributed by atoms with Crippen LogP contribution in [0.4, 0.5) is 5.69 Å². The fourth-order valence-electron chi connectivity index (χ4n) is 1.61. The second kappa shape index (κ2) is 5.98. The maximum absolute atomic E-state index is 8.89. The number of nitrogens with zero attached hydrogens (tertiary/aromatic N) is 2. The molecule has 5 heteroatoms. The molecule has 0 bridgehead atoms. The summed E-state index contributed by atoms with van der Waals surface area (Å²) in [6.07, 6.45) is 0.888. The number of aryl methyl sites for hydroxylation is 1. The highest BCUT2D eigenvalue weighted by atomic mass is 79.9.